The first-order chi connectivity index (χ1) is 9.24. The van der Waals surface area contributed by atoms with Crippen LogP contribution < -0.4 is 5.73 Å². The van der Waals surface area contributed by atoms with Crippen LogP contribution in [-0.4, -0.2) is 36.7 Å². The van der Waals surface area contributed by atoms with Crippen LogP contribution in [0.4, 0.5) is 0 Å². The Hall–Kier alpha value is -1.55. The lowest BCUT2D eigenvalue weighted by Crippen LogP contribution is -2.41. The van der Waals surface area contributed by atoms with Crippen LogP contribution in [0.25, 0.3) is 0 Å². The van der Waals surface area contributed by atoms with Crippen LogP contribution >= 0.6 is 0 Å². The largest absolute Gasteiger partial charge is 0.376 e. The summed E-state index contributed by atoms with van der Waals surface area (Å²) in [5, 5.41) is 0. The van der Waals surface area contributed by atoms with Gasteiger partial charge in [-0.15, -0.1) is 0 Å². The van der Waals surface area contributed by atoms with Gasteiger partial charge in [-0.3, -0.25) is 4.99 Å². The molecule has 2 N–H and O–H groups in total. The van der Waals surface area contributed by atoms with Crippen LogP contribution in [0, 0.1) is 6.92 Å². The number of hydrogen-bond acceptors (Lipinski definition) is 4. The molecule has 2 atom stereocenters. The maximum atomic E-state index is 6.04. The van der Waals surface area contributed by atoms with E-state index in [9.17, 15) is 0 Å². The van der Waals surface area contributed by atoms with Crippen molar-refractivity contribution in [2.75, 3.05) is 19.7 Å². The van der Waals surface area contributed by atoms with Gasteiger partial charge < -0.3 is 15.4 Å². The summed E-state index contributed by atoms with van der Waals surface area (Å²) in [6.45, 7) is 4.60. The van der Waals surface area contributed by atoms with Crippen LogP contribution in [0.1, 0.15) is 30.0 Å². The third-order valence-electron chi connectivity index (χ3n) is 3.95. The van der Waals surface area contributed by atoms with Crippen LogP contribution in [0.15, 0.2) is 29.3 Å². The summed E-state index contributed by atoms with van der Waals surface area (Å²) in [6, 6.07) is 8.87. The Morgan fingerprint density at radius 2 is 2.37 bits per heavy atom. The number of aliphatic imine (C=N–C) groups is 1. The quantitative estimate of drug-likeness (QED) is 0.901. The fraction of sp³-hybridized carbons (Fsp3) is 0.533. The molecule has 0 saturated carbocycles. The number of ether oxygens (including phenoxy) is 1. The highest BCUT2D eigenvalue weighted by molar-refractivity contribution is 5.80. The molecule has 19 heavy (non-hydrogen) atoms. The first-order valence-corrected chi connectivity index (χ1v) is 6.99. The fourth-order valence-corrected chi connectivity index (χ4v) is 2.92. The second-order valence-corrected chi connectivity index (χ2v) is 5.42. The number of nitrogens with two attached hydrogens (primary N) is 1. The number of hydrogen-bond donors (Lipinski definition) is 1. The lowest BCUT2D eigenvalue weighted by Gasteiger charge is -2.29. The van der Waals surface area contributed by atoms with Gasteiger partial charge in [-0.25, -0.2) is 0 Å². The molecular formula is C15H21N3O. The fourth-order valence-electron chi connectivity index (χ4n) is 2.92. The van der Waals surface area contributed by atoms with Crippen molar-refractivity contribution >= 4 is 5.96 Å². The van der Waals surface area contributed by atoms with Gasteiger partial charge in [0.25, 0.3) is 0 Å². The van der Waals surface area contributed by atoms with E-state index in [2.05, 4.69) is 41.1 Å². The van der Waals surface area contributed by atoms with Crippen molar-refractivity contribution in [3.8, 4) is 0 Å². The van der Waals surface area contributed by atoms with Crippen LogP contribution in [0.5, 0.6) is 0 Å². The summed E-state index contributed by atoms with van der Waals surface area (Å²) in [5.74, 6) is 0.655. The minimum Gasteiger partial charge on any atom is -0.376 e. The van der Waals surface area contributed by atoms with Gasteiger partial charge in [0.05, 0.1) is 18.7 Å². The Balaban J connectivity index is 1.77. The van der Waals surface area contributed by atoms with E-state index < -0.39 is 0 Å². The Morgan fingerprint density at radius 1 is 1.47 bits per heavy atom. The van der Waals surface area contributed by atoms with Crippen LogP contribution in [0.2, 0.25) is 0 Å². The van der Waals surface area contributed by atoms with Crippen molar-refractivity contribution in [3.63, 3.8) is 0 Å². The molecular weight excluding hydrogens is 238 g/mol. The van der Waals surface area contributed by atoms with Crippen molar-refractivity contribution in [3.05, 3.63) is 35.4 Å². The second-order valence-electron chi connectivity index (χ2n) is 5.42. The molecule has 0 radical (unpaired) electrons. The lowest BCUT2D eigenvalue weighted by molar-refractivity contribution is 0.0853. The molecule has 0 bridgehead atoms. The number of benzene rings is 1. The topological polar surface area (TPSA) is 50.8 Å². The van der Waals surface area contributed by atoms with Gasteiger partial charge in [0, 0.05) is 13.2 Å². The molecule has 4 heteroatoms. The molecule has 1 saturated heterocycles. The van der Waals surface area contributed by atoms with E-state index in [-0.39, 0.29) is 6.04 Å². The Labute approximate surface area is 114 Å². The van der Waals surface area contributed by atoms with Gasteiger partial charge in [-0.2, -0.15) is 0 Å². The highest BCUT2D eigenvalue weighted by atomic mass is 16.5. The Morgan fingerprint density at radius 3 is 3.11 bits per heavy atom. The monoisotopic (exact) mass is 259 g/mol. The summed E-state index contributed by atoms with van der Waals surface area (Å²) in [5.41, 5.74) is 8.61. The number of guanidine groups is 1. The normalized spacial score (nSPS) is 26.8. The molecule has 2 aliphatic heterocycles. The standard InChI is InChI=1S/C15H21N3O/c1-11-4-2-5-12(8-11)14-9-17-15(16)18(14)10-13-6-3-7-19-13/h2,4-5,8,13-14H,3,6-7,9-10H2,1H3,(H2,16,17). The molecule has 2 aliphatic rings. The summed E-state index contributed by atoms with van der Waals surface area (Å²) in [4.78, 5) is 6.61. The number of nitrogens with zero attached hydrogens (tertiary/aromatic N) is 2. The van der Waals surface area contributed by atoms with E-state index in [1.807, 2.05) is 0 Å². The van der Waals surface area contributed by atoms with Gasteiger partial charge in [0.2, 0.25) is 0 Å². The van der Waals surface area contributed by atoms with E-state index in [0.717, 1.165) is 32.5 Å². The highest BCUT2D eigenvalue weighted by Gasteiger charge is 2.30. The molecule has 1 aromatic rings. The molecule has 2 heterocycles. The molecule has 1 aromatic carbocycles. The molecule has 0 spiro atoms. The zero-order valence-corrected chi connectivity index (χ0v) is 11.4. The summed E-state index contributed by atoms with van der Waals surface area (Å²) >= 11 is 0. The van der Waals surface area contributed by atoms with E-state index >= 15 is 0 Å². The van der Waals surface area contributed by atoms with E-state index in [0.29, 0.717) is 12.1 Å². The SMILES string of the molecule is Cc1cccc(C2CN=C(N)N2CC2CCCO2)c1. The van der Waals surface area contributed by atoms with E-state index in [4.69, 9.17) is 10.5 Å². The van der Waals surface area contributed by atoms with Crippen molar-refractivity contribution in [2.45, 2.75) is 31.9 Å². The average Bonchev–Trinajstić information content (AvgIpc) is 3.01. The Kier molecular flexibility index (Phi) is 3.42. The number of aryl methyl sites for hydroxylation is 1. The predicted molar refractivity (Wildman–Crippen MR) is 76.1 cm³/mol. The molecule has 3 rings (SSSR count). The van der Waals surface area contributed by atoms with Crippen LogP contribution in [-0.2, 0) is 4.74 Å². The number of rotatable bonds is 3. The molecule has 0 aromatic heterocycles. The van der Waals surface area contributed by atoms with E-state index in [1.54, 1.807) is 0 Å². The average molecular weight is 259 g/mol. The third kappa shape index (κ3) is 2.59. The first kappa shape index (κ1) is 12.5. The highest BCUT2D eigenvalue weighted by Crippen LogP contribution is 2.27. The minimum absolute atomic E-state index is 0.268. The zero-order valence-electron chi connectivity index (χ0n) is 11.4. The molecule has 4 nitrogen and oxygen atoms in total. The van der Waals surface area contributed by atoms with Gasteiger partial charge in [0.1, 0.15) is 0 Å². The maximum absolute atomic E-state index is 6.04. The third-order valence-corrected chi connectivity index (χ3v) is 3.95. The molecule has 0 aliphatic carbocycles. The predicted octanol–water partition coefficient (Wildman–Crippen LogP) is 1.85. The van der Waals surface area contributed by atoms with Crippen molar-refractivity contribution < 1.29 is 4.74 Å². The molecule has 1 fully saturated rings. The van der Waals surface area contributed by atoms with Crippen molar-refractivity contribution in [1.29, 1.82) is 0 Å². The minimum atomic E-state index is 0.268. The van der Waals surface area contributed by atoms with Crippen molar-refractivity contribution in [1.82, 2.24) is 4.90 Å². The van der Waals surface area contributed by atoms with Crippen LogP contribution in [0.3, 0.4) is 0 Å². The van der Waals surface area contributed by atoms with Crippen molar-refractivity contribution in [2.24, 2.45) is 10.7 Å². The van der Waals surface area contributed by atoms with Gasteiger partial charge in [-0.05, 0) is 25.3 Å². The summed E-state index contributed by atoms with van der Waals surface area (Å²) < 4.78 is 5.72. The maximum Gasteiger partial charge on any atom is 0.192 e. The van der Waals surface area contributed by atoms with Gasteiger partial charge >= 0.3 is 0 Å². The molecule has 102 valence electrons. The molecule has 2 unspecified atom stereocenters. The summed E-state index contributed by atoms with van der Waals surface area (Å²) in [7, 11) is 0. The summed E-state index contributed by atoms with van der Waals surface area (Å²) in [6.07, 6.45) is 2.59. The Bertz CT molecular complexity index is 480. The smallest absolute Gasteiger partial charge is 0.192 e. The lowest BCUT2D eigenvalue weighted by atomic mass is 10.0. The first-order valence-electron chi connectivity index (χ1n) is 6.99. The zero-order chi connectivity index (χ0) is 13.2. The van der Waals surface area contributed by atoms with E-state index in [1.165, 1.54) is 11.1 Å². The van der Waals surface area contributed by atoms with Gasteiger partial charge in [0.15, 0.2) is 5.96 Å². The second kappa shape index (κ2) is 5.21. The molecule has 0 amide bonds. The van der Waals surface area contributed by atoms with Gasteiger partial charge in [-0.1, -0.05) is 29.8 Å².